The van der Waals surface area contributed by atoms with Crippen LogP contribution in [0, 0.1) is 0 Å². The Labute approximate surface area is 195 Å². The molecule has 0 unspecified atom stereocenters. The van der Waals surface area contributed by atoms with E-state index in [1.165, 1.54) is 0 Å². The maximum atomic E-state index is 6.27. The number of hydrogen-bond donors (Lipinski definition) is 0. The normalized spacial score (nSPS) is 16.7. The van der Waals surface area contributed by atoms with Gasteiger partial charge >= 0.3 is 7.12 Å². The second-order valence-corrected chi connectivity index (χ2v) is 9.41. The third kappa shape index (κ3) is 4.22. The lowest BCUT2D eigenvalue weighted by atomic mass is 9.78. The zero-order chi connectivity index (χ0) is 23.1. The molecule has 2 heterocycles. The molecule has 1 saturated heterocycles. The molecule has 0 saturated carbocycles. The van der Waals surface area contributed by atoms with Gasteiger partial charge in [-0.3, -0.25) is 0 Å². The van der Waals surface area contributed by atoms with Crippen molar-refractivity contribution in [2.45, 2.75) is 38.9 Å². The van der Waals surface area contributed by atoms with Gasteiger partial charge in [-0.1, -0.05) is 84.9 Å². The first-order chi connectivity index (χ1) is 15.8. The summed E-state index contributed by atoms with van der Waals surface area (Å²) in [5.74, 6) is 0.702. The first-order valence-electron chi connectivity index (χ1n) is 11.3. The Morgan fingerprint density at radius 3 is 1.70 bits per heavy atom. The highest BCUT2D eigenvalue weighted by Gasteiger charge is 2.51. The molecule has 0 amide bonds. The van der Waals surface area contributed by atoms with Crippen molar-refractivity contribution in [1.82, 2.24) is 9.97 Å². The summed E-state index contributed by atoms with van der Waals surface area (Å²) in [7, 11) is -0.418. The van der Waals surface area contributed by atoms with Gasteiger partial charge < -0.3 is 9.31 Å². The smallest absolute Gasteiger partial charge is 0.399 e. The standard InChI is InChI=1S/C28H27BN2O2/c1-27(2)28(3,4)33-29(32-27)23-17-11-16-22(18-23)25-19-24(20-12-7-5-8-13-20)30-26(31-25)21-14-9-6-10-15-21/h5-19H,1-4H3. The zero-order valence-electron chi connectivity index (χ0n) is 19.4. The molecule has 5 rings (SSSR count). The van der Waals surface area contributed by atoms with E-state index in [0.717, 1.165) is 33.5 Å². The Balaban J connectivity index is 1.59. The fourth-order valence-electron chi connectivity index (χ4n) is 3.89. The van der Waals surface area contributed by atoms with Crippen molar-refractivity contribution < 1.29 is 9.31 Å². The fraction of sp³-hybridized carbons (Fsp3) is 0.214. The first-order valence-corrected chi connectivity index (χ1v) is 11.3. The largest absolute Gasteiger partial charge is 0.494 e. The van der Waals surface area contributed by atoms with Gasteiger partial charge in [0.1, 0.15) is 0 Å². The zero-order valence-corrected chi connectivity index (χ0v) is 19.4. The molecular weight excluding hydrogens is 407 g/mol. The van der Waals surface area contributed by atoms with E-state index in [0.29, 0.717) is 5.82 Å². The van der Waals surface area contributed by atoms with Gasteiger partial charge in [0.05, 0.1) is 22.6 Å². The molecule has 164 valence electrons. The van der Waals surface area contributed by atoms with Gasteiger partial charge in [0.2, 0.25) is 0 Å². The van der Waals surface area contributed by atoms with Crippen LogP contribution in [0.2, 0.25) is 0 Å². The predicted octanol–water partition coefficient (Wildman–Crippen LogP) is 5.78. The summed E-state index contributed by atoms with van der Waals surface area (Å²) in [6.07, 6.45) is 0. The number of hydrogen-bond acceptors (Lipinski definition) is 4. The number of rotatable bonds is 4. The minimum absolute atomic E-state index is 0.385. The Morgan fingerprint density at radius 1 is 0.576 bits per heavy atom. The lowest BCUT2D eigenvalue weighted by Gasteiger charge is -2.32. The molecule has 0 aliphatic carbocycles. The Morgan fingerprint density at radius 2 is 1.09 bits per heavy atom. The molecule has 0 N–H and O–H groups in total. The van der Waals surface area contributed by atoms with Gasteiger partial charge in [0.15, 0.2) is 5.82 Å². The van der Waals surface area contributed by atoms with Gasteiger partial charge in [-0.15, -0.1) is 0 Å². The maximum Gasteiger partial charge on any atom is 0.494 e. The van der Waals surface area contributed by atoms with Crippen molar-refractivity contribution in [3.63, 3.8) is 0 Å². The highest BCUT2D eigenvalue weighted by atomic mass is 16.7. The summed E-state index contributed by atoms with van der Waals surface area (Å²) in [4.78, 5) is 9.81. The van der Waals surface area contributed by atoms with Gasteiger partial charge in [-0.2, -0.15) is 0 Å². The molecule has 1 aliphatic rings. The lowest BCUT2D eigenvalue weighted by Crippen LogP contribution is -2.41. The fourth-order valence-corrected chi connectivity index (χ4v) is 3.89. The summed E-state index contributed by atoms with van der Waals surface area (Å²) in [6, 6.07) is 30.6. The second kappa shape index (κ2) is 8.25. The van der Waals surface area contributed by atoms with E-state index in [-0.39, 0.29) is 11.2 Å². The average molecular weight is 434 g/mol. The molecule has 3 aromatic carbocycles. The summed E-state index contributed by atoms with van der Waals surface area (Å²) in [6.45, 7) is 8.28. The number of nitrogens with zero attached hydrogens (tertiary/aromatic N) is 2. The van der Waals surface area contributed by atoms with Crippen molar-refractivity contribution in [3.8, 4) is 33.9 Å². The van der Waals surface area contributed by atoms with Crippen LogP contribution >= 0.6 is 0 Å². The van der Waals surface area contributed by atoms with Crippen molar-refractivity contribution >= 4 is 12.6 Å². The van der Waals surface area contributed by atoms with Crippen LogP contribution in [0.1, 0.15) is 27.7 Å². The van der Waals surface area contributed by atoms with Crippen LogP contribution in [-0.4, -0.2) is 28.3 Å². The molecule has 1 aromatic heterocycles. The quantitative estimate of drug-likeness (QED) is 0.382. The molecule has 0 radical (unpaired) electrons. The van der Waals surface area contributed by atoms with Crippen LogP contribution in [0.5, 0.6) is 0 Å². The summed E-state index contributed by atoms with van der Waals surface area (Å²) >= 11 is 0. The van der Waals surface area contributed by atoms with Gasteiger partial charge in [0.25, 0.3) is 0 Å². The lowest BCUT2D eigenvalue weighted by molar-refractivity contribution is 0.00578. The van der Waals surface area contributed by atoms with Crippen molar-refractivity contribution in [1.29, 1.82) is 0 Å². The van der Waals surface area contributed by atoms with E-state index >= 15 is 0 Å². The van der Waals surface area contributed by atoms with Gasteiger partial charge in [0, 0.05) is 11.1 Å². The van der Waals surface area contributed by atoms with E-state index in [1.54, 1.807) is 0 Å². The third-order valence-corrected chi connectivity index (χ3v) is 6.54. The monoisotopic (exact) mass is 434 g/mol. The highest BCUT2D eigenvalue weighted by Crippen LogP contribution is 2.36. The minimum Gasteiger partial charge on any atom is -0.399 e. The van der Waals surface area contributed by atoms with E-state index in [2.05, 4.69) is 52.0 Å². The van der Waals surface area contributed by atoms with E-state index < -0.39 is 7.12 Å². The van der Waals surface area contributed by atoms with E-state index in [9.17, 15) is 0 Å². The number of benzene rings is 3. The topological polar surface area (TPSA) is 44.2 Å². The van der Waals surface area contributed by atoms with Crippen LogP contribution in [0.25, 0.3) is 33.9 Å². The Hall–Kier alpha value is -3.28. The molecule has 0 spiro atoms. The highest BCUT2D eigenvalue weighted by molar-refractivity contribution is 6.62. The summed E-state index contributed by atoms with van der Waals surface area (Å²) in [5, 5.41) is 0. The second-order valence-electron chi connectivity index (χ2n) is 9.41. The molecule has 1 fully saturated rings. The molecule has 4 aromatic rings. The van der Waals surface area contributed by atoms with Crippen LogP contribution in [0.15, 0.2) is 91.0 Å². The van der Waals surface area contributed by atoms with Crippen LogP contribution in [0.3, 0.4) is 0 Å². The summed E-state index contributed by atoms with van der Waals surface area (Å²) < 4.78 is 12.5. The minimum atomic E-state index is -0.418. The van der Waals surface area contributed by atoms with E-state index in [1.807, 2.05) is 66.7 Å². The van der Waals surface area contributed by atoms with E-state index in [4.69, 9.17) is 19.3 Å². The Bertz CT molecular complexity index is 1200. The molecule has 1 aliphatic heterocycles. The average Bonchev–Trinajstić information content (AvgIpc) is 3.07. The van der Waals surface area contributed by atoms with Gasteiger partial charge in [-0.25, -0.2) is 9.97 Å². The number of aromatic nitrogens is 2. The van der Waals surface area contributed by atoms with Crippen molar-refractivity contribution in [2.75, 3.05) is 0 Å². The van der Waals surface area contributed by atoms with Crippen LogP contribution in [0.4, 0.5) is 0 Å². The molecule has 4 nitrogen and oxygen atoms in total. The molecular formula is C28H27BN2O2. The molecule has 0 bridgehead atoms. The SMILES string of the molecule is CC1(C)OB(c2cccc(-c3cc(-c4ccccc4)nc(-c4ccccc4)n3)c2)OC1(C)C. The summed E-state index contributed by atoms with van der Waals surface area (Å²) in [5.41, 5.74) is 5.00. The molecule has 5 heteroatoms. The van der Waals surface area contributed by atoms with Crippen LogP contribution in [-0.2, 0) is 9.31 Å². The maximum absolute atomic E-state index is 6.27. The van der Waals surface area contributed by atoms with Crippen molar-refractivity contribution in [3.05, 3.63) is 91.0 Å². The molecule has 33 heavy (non-hydrogen) atoms. The molecule has 0 atom stereocenters. The first kappa shape index (κ1) is 21.6. The predicted molar refractivity (Wildman–Crippen MR) is 134 cm³/mol. The van der Waals surface area contributed by atoms with Gasteiger partial charge in [-0.05, 0) is 44.8 Å². The Kier molecular flexibility index (Phi) is 5.39. The van der Waals surface area contributed by atoms with Crippen molar-refractivity contribution in [2.24, 2.45) is 0 Å². The van der Waals surface area contributed by atoms with Crippen LogP contribution < -0.4 is 5.46 Å². The third-order valence-electron chi connectivity index (χ3n) is 6.54.